The SMILES string of the molecule is CCCCCCCC(=O)CC[C@@H]1[C@@H](CC=CCCCC(=O)Oc2ccc(C=CC(=O)Oc3cccc(CO[N+](=O)[O-])c3)cc2OC)[C@@H](O)C[C@H]1O. The van der Waals surface area contributed by atoms with E-state index < -0.39 is 29.2 Å². The lowest BCUT2D eigenvalue weighted by molar-refractivity contribution is -0.763. The van der Waals surface area contributed by atoms with Crippen LogP contribution in [0.15, 0.2) is 60.7 Å². The third-order valence-electron chi connectivity index (χ3n) is 8.94. The largest absolute Gasteiger partial charge is 0.493 e. The van der Waals surface area contributed by atoms with Crippen molar-refractivity contribution >= 4 is 23.8 Å². The number of methoxy groups -OCH3 is 1. The summed E-state index contributed by atoms with van der Waals surface area (Å²) in [7, 11) is 1.44. The molecule has 0 aliphatic heterocycles. The number of ketones is 1. The van der Waals surface area contributed by atoms with Crippen LogP contribution < -0.4 is 14.2 Å². The molecular formula is C39H51NO11. The number of carbonyl (C=O) groups excluding carboxylic acids is 3. The lowest BCUT2D eigenvalue weighted by atomic mass is 9.86. The topological polar surface area (TPSA) is 172 Å². The Morgan fingerprint density at radius 3 is 2.45 bits per heavy atom. The second-order valence-electron chi connectivity index (χ2n) is 12.8. The molecule has 1 aliphatic carbocycles. The van der Waals surface area contributed by atoms with Crippen molar-refractivity contribution in [1.29, 1.82) is 0 Å². The number of carbonyl (C=O) groups is 3. The van der Waals surface area contributed by atoms with Crippen LogP contribution in [0.25, 0.3) is 6.08 Å². The number of aliphatic hydroxyl groups excluding tert-OH is 2. The first-order chi connectivity index (χ1) is 24.6. The predicted molar refractivity (Wildman–Crippen MR) is 190 cm³/mol. The minimum atomic E-state index is -0.903. The standard InChI is InChI=1S/C39H51NO11/c1-3-4-5-6-9-14-30(41)20-21-33-32(34(42)26-35(33)43)16-10-7-8-11-17-38(44)51-36-22-18-28(25-37(36)48-2)19-23-39(45)50-31-15-12-13-29(24-31)27-49-40(46)47/h7,10,12-13,15,18-19,22-25,32-35,42-43H,3-6,8-9,11,14,16-17,20-21,26-27H2,1-2H3/t32-,33-,34+,35-/m1/s1. The van der Waals surface area contributed by atoms with E-state index in [-0.39, 0.29) is 42.1 Å². The number of ether oxygens (including phenoxy) is 3. The predicted octanol–water partition coefficient (Wildman–Crippen LogP) is 7.11. The zero-order chi connectivity index (χ0) is 37.0. The lowest BCUT2D eigenvalue weighted by Crippen LogP contribution is -2.22. The summed E-state index contributed by atoms with van der Waals surface area (Å²) in [6.45, 7) is 1.89. The molecule has 0 bridgehead atoms. The highest BCUT2D eigenvalue weighted by atomic mass is 16.9. The number of unbranched alkanes of at least 4 members (excludes halogenated alkanes) is 5. The van der Waals surface area contributed by atoms with Gasteiger partial charge in [0.05, 0.1) is 19.3 Å². The third-order valence-corrected chi connectivity index (χ3v) is 8.94. The van der Waals surface area contributed by atoms with Crippen LogP contribution in [0, 0.1) is 22.0 Å². The molecule has 0 unspecified atom stereocenters. The summed E-state index contributed by atoms with van der Waals surface area (Å²) in [6, 6.07) is 11.0. The fourth-order valence-corrected chi connectivity index (χ4v) is 6.21. The molecule has 51 heavy (non-hydrogen) atoms. The van der Waals surface area contributed by atoms with E-state index in [4.69, 9.17) is 14.2 Å². The van der Waals surface area contributed by atoms with E-state index in [9.17, 15) is 34.7 Å². The van der Waals surface area contributed by atoms with E-state index in [1.165, 1.54) is 44.2 Å². The lowest BCUT2D eigenvalue weighted by Gasteiger charge is -2.22. The Balaban J connectivity index is 1.39. The van der Waals surface area contributed by atoms with Crippen molar-refractivity contribution in [2.24, 2.45) is 11.8 Å². The summed E-state index contributed by atoms with van der Waals surface area (Å²) in [5.41, 5.74) is 1.06. The molecule has 1 fully saturated rings. The molecule has 12 heteroatoms. The molecule has 0 spiro atoms. The smallest absolute Gasteiger partial charge is 0.336 e. The number of allylic oxidation sites excluding steroid dienone is 2. The van der Waals surface area contributed by atoms with Gasteiger partial charge in [0.15, 0.2) is 11.5 Å². The van der Waals surface area contributed by atoms with Crippen molar-refractivity contribution in [2.75, 3.05) is 7.11 Å². The van der Waals surface area contributed by atoms with Crippen molar-refractivity contribution in [1.82, 2.24) is 0 Å². The maximum atomic E-state index is 12.5. The zero-order valence-electron chi connectivity index (χ0n) is 29.6. The zero-order valence-corrected chi connectivity index (χ0v) is 29.6. The van der Waals surface area contributed by atoms with Gasteiger partial charge in [0.1, 0.15) is 18.1 Å². The minimum absolute atomic E-state index is 0.101. The monoisotopic (exact) mass is 709 g/mol. The summed E-state index contributed by atoms with van der Waals surface area (Å²) >= 11 is 0. The minimum Gasteiger partial charge on any atom is -0.493 e. The summed E-state index contributed by atoms with van der Waals surface area (Å²) in [5, 5.41) is 30.6. The van der Waals surface area contributed by atoms with Gasteiger partial charge in [-0.1, -0.05) is 63.0 Å². The molecule has 1 saturated carbocycles. The first kappa shape index (κ1) is 40.9. The molecule has 2 aromatic carbocycles. The van der Waals surface area contributed by atoms with Gasteiger partial charge in [0.25, 0.3) is 5.09 Å². The van der Waals surface area contributed by atoms with E-state index in [2.05, 4.69) is 11.8 Å². The van der Waals surface area contributed by atoms with Crippen LogP contribution in [0.5, 0.6) is 17.2 Å². The average Bonchev–Trinajstić information content (AvgIpc) is 3.38. The quantitative estimate of drug-likeness (QED) is 0.0229. The summed E-state index contributed by atoms with van der Waals surface area (Å²) in [6.07, 6.45) is 14.9. The Morgan fingerprint density at radius 1 is 0.902 bits per heavy atom. The molecular weight excluding hydrogens is 658 g/mol. The molecule has 0 amide bonds. The molecule has 3 rings (SSSR count). The van der Waals surface area contributed by atoms with Crippen LogP contribution in [0.1, 0.15) is 102 Å². The van der Waals surface area contributed by atoms with Crippen LogP contribution in [0.4, 0.5) is 0 Å². The summed E-state index contributed by atoms with van der Waals surface area (Å²) in [4.78, 5) is 52.0. The molecule has 0 aromatic heterocycles. The highest BCUT2D eigenvalue weighted by Gasteiger charge is 2.40. The van der Waals surface area contributed by atoms with Crippen molar-refractivity contribution in [3.63, 3.8) is 0 Å². The van der Waals surface area contributed by atoms with E-state index in [0.29, 0.717) is 61.8 Å². The van der Waals surface area contributed by atoms with Crippen LogP contribution in [-0.4, -0.2) is 52.3 Å². The fraction of sp³-hybridized carbons (Fsp3) is 0.513. The van der Waals surface area contributed by atoms with Gasteiger partial charge in [-0.3, -0.25) is 9.59 Å². The second-order valence-corrected chi connectivity index (χ2v) is 12.8. The van der Waals surface area contributed by atoms with Crippen molar-refractivity contribution in [2.45, 2.75) is 109 Å². The number of hydrogen-bond acceptors (Lipinski definition) is 11. The maximum absolute atomic E-state index is 12.5. The Morgan fingerprint density at radius 2 is 1.69 bits per heavy atom. The molecule has 2 N–H and O–H groups in total. The fourth-order valence-electron chi connectivity index (χ4n) is 6.21. The number of aliphatic hydroxyl groups is 2. The highest BCUT2D eigenvalue weighted by Crippen LogP contribution is 2.38. The van der Waals surface area contributed by atoms with Gasteiger partial charge in [0.2, 0.25) is 0 Å². The highest BCUT2D eigenvalue weighted by molar-refractivity contribution is 5.89. The summed E-state index contributed by atoms with van der Waals surface area (Å²) in [5.74, 6) is -0.328. The van der Waals surface area contributed by atoms with Gasteiger partial charge in [-0.25, -0.2) is 4.79 Å². The Kier molecular flexibility index (Phi) is 17.9. The van der Waals surface area contributed by atoms with Gasteiger partial charge in [-0.2, -0.15) is 0 Å². The van der Waals surface area contributed by atoms with Crippen LogP contribution in [0.2, 0.25) is 0 Å². The molecule has 0 heterocycles. The molecule has 2 aromatic rings. The average molecular weight is 710 g/mol. The molecule has 0 saturated heterocycles. The van der Waals surface area contributed by atoms with Crippen molar-refractivity contribution in [3.8, 4) is 17.2 Å². The number of esters is 2. The van der Waals surface area contributed by atoms with E-state index in [0.717, 1.165) is 19.3 Å². The number of rotatable bonds is 23. The van der Waals surface area contributed by atoms with Crippen molar-refractivity contribution in [3.05, 3.63) is 81.9 Å². The van der Waals surface area contributed by atoms with Gasteiger partial charge >= 0.3 is 11.9 Å². The molecule has 1 aliphatic rings. The normalized spacial score (nSPS) is 18.6. The Hall–Kier alpha value is -4.55. The first-order valence-corrected chi connectivity index (χ1v) is 17.8. The van der Waals surface area contributed by atoms with Gasteiger partial charge in [0, 0.05) is 25.3 Å². The summed E-state index contributed by atoms with van der Waals surface area (Å²) < 4.78 is 16.2. The van der Waals surface area contributed by atoms with Crippen LogP contribution >= 0.6 is 0 Å². The Labute approximate surface area is 299 Å². The van der Waals surface area contributed by atoms with E-state index >= 15 is 0 Å². The number of Topliss-reactive ketones (excluding diaryl/α,β-unsaturated/α-hetero) is 1. The second kappa shape index (κ2) is 22.3. The van der Waals surface area contributed by atoms with Gasteiger partial charge < -0.3 is 29.3 Å². The molecule has 0 radical (unpaired) electrons. The van der Waals surface area contributed by atoms with Crippen LogP contribution in [0.3, 0.4) is 0 Å². The van der Waals surface area contributed by atoms with Gasteiger partial charge in [-0.15, -0.1) is 10.1 Å². The third kappa shape index (κ3) is 15.1. The number of nitrogens with zero attached hydrogens (tertiary/aromatic N) is 1. The Bertz CT molecular complexity index is 1490. The number of benzene rings is 2. The van der Waals surface area contributed by atoms with E-state index in [1.54, 1.807) is 30.3 Å². The number of hydrogen-bond donors (Lipinski definition) is 2. The van der Waals surface area contributed by atoms with Gasteiger partial charge in [-0.05, 0) is 91.8 Å². The maximum Gasteiger partial charge on any atom is 0.336 e. The van der Waals surface area contributed by atoms with Crippen molar-refractivity contribution < 1.29 is 48.7 Å². The first-order valence-electron chi connectivity index (χ1n) is 17.8. The van der Waals surface area contributed by atoms with Crippen LogP contribution in [-0.2, 0) is 25.8 Å². The molecule has 4 atom stereocenters. The molecule has 278 valence electrons. The molecule has 12 nitrogen and oxygen atoms in total. The van der Waals surface area contributed by atoms with E-state index in [1.807, 2.05) is 12.2 Å².